The van der Waals surface area contributed by atoms with E-state index in [4.69, 9.17) is 4.74 Å². The van der Waals surface area contributed by atoms with Crippen LogP contribution in [0.4, 0.5) is 19.0 Å². The lowest BCUT2D eigenvalue weighted by Crippen LogP contribution is -2.55. The number of esters is 1. The number of nitrogens with zero attached hydrogens (tertiary/aromatic N) is 2. The van der Waals surface area contributed by atoms with Crippen molar-refractivity contribution in [3.05, 3.63) is 23.9 Å². The molecule has 1 aliphatic heterocycles. The van der Waals surface area contributed by atoms with Crippen molar-refractivity contribution in [1.29, 1.82) is 0 Å². The van der Waals surface area contributed by atoms with E-state index in [2.05, 4.69) is 10.3 Å². The highest BCUT2D eigenvalue weighted by atomic mass is 19.4. The Hall–Kier alpha value is -1.83. The zero-order valence-corrected chi connectivity index (χ0v) is 10.8. The van der Waals surface area contributed by atoms with Gasteiger partial charge < -0.3 is 15.0 Å². The molecule has 1 aromatic rings. The van der Waals surface area contributed by atoms with Gasteiger partial charge in [-0.15, -0.1) is 0 Å². The zero-order chi connectivity index (χ0) is 14.8. The molecule has 1 atom stereocenters. The molecule has 1 fully saturated rings. The molecular formula is C12H14F3N3O2. The average Bonchev–Trinajstić information content (AvgIpc) is 2.45. The van der Waals surface area contributed by atoms with Crippen molar-refractivity contribution in [1.82, 2.24) is 10.3 Å². The maximum Gasteiger partial charge on any atom is 0.417 e. The summed E-state index contributed by atoms with van der Waals surface area (Å²) in [5, 5.41) is 3.04. The molecule has 110 valence electrons. The maximum absolute atomic E-state index is 12.5. The first-order chi connectivity index (χ1) is 9.43. The number of hydrogen-bond acceptors (Lipinski definition) is 5. The third kappa shape index (κ3) is 3.01. The Kier molecular flexibility index (Phi) is 4.12. The summed E-state index contributed by atoms with van der Waals surface area (Å²) in [4.78, 5) is 17.1. The fourth-order valence-corrected chi connectivity index (χ4v) is 2.05. The van der Waals surface area contributed by atoms with Crippen LogP contribution in [-0.4, -0.2) is 43.7 Å². The van der Waals surface area contributed by atoms with E-state index in [9.17, 15) is 18.0 Å². The lowest BCUT2D eigenvalue weighted by Gasteiger charge is -2.35. The molecule has 0 amide bonds. The smallest absolute Gasteiger partial charge is 0.417 e. The van der Waals surface area contributed by atoms with Crippen LogP contribution in [0.1, 0.15) is 5.56 Å². The Morgan fingerprint density at radius 1 is 1.50 bits per heavy atom. The van der Waals surface area contributed by atoms with E-state index in [0.29, 0.717) is 25.5 Å². The van der Waals surface area contributed by atoms with E-state index in [1.54, 1.807) is 4.90 Å². The molecule has 0 radical (unpaired) electrons. The third-order valence-electron chi connectivity index (χ3n) is 3.09. The van der Waals surface area contributed by atoms with Crippen LogP contribution in [0.3, 0.4) is 0 Å². The average molecular weight is 289 g/mol. The second kappa shape index (κ2) is 5.66. The Bertz CT molecular complexity index is 476. The van der Waals surface area contributed by atoms with E-state index in [1.807, 2.05) is 0 Å². The summed E-state index contributed by atoms with van der Waals surface area (Å²) in [6.07, 6.45) is -3.65. The standard InChI is InChI=1S/C12H14F3N3O2/c1-20-11(19)9-7-16-4-5-18(9)10-3-2-8(6-17-10)12(13,14)15/h2-3,6,9,16H,4-5,7H2,1H3. The van der Waals surface area contributed by atoms with E-state index in [-0.39, 0.29) is 0 Å². The Labute approximate surface area is 113 Å². The van der Waals surface area contributed by atoms with Crippen LogP contribution in [-0.2, 0) is 15.7 Å². The van der Waals surface area contributed by atoms with Gasteiger partial charge in [0.2, 0.25) is 0 Å². The minimum Gasteiger partial charge on any atom is -0.467 e. The number of pyridine rings is 1. The van der Waals surface area contributed by atoms with Gasteiger partial charge in [0, 0.05) is 25.8 Å². The quantitative estimate of drug-likeness (QED) is 0.825. The number of halogens is 3. The summed E-state index contributed by atoms with van der Waals surface area (Å²) in [6.45, 7) is 1.46. The van der Waals surface area contributed by atoms with Crippen LogP contribution in [0.25, 0.3) is 0 Å². The van der Waals surface area contributed by atoms with E-state index >= 15 is 0 Å². The van der Waals surface area contributed by atoms with Crippen LogP contribution in [0.5, 0.6) is 0 Å². The Morgan fingerprint density at radius 2 is 2.25 bits per heavy atom. The van der Waals surface area contributed by atoms with Crippen molar-refractivity contribution in [3.63, 3.8) is 0 Å². The van der Waals surface area contributed by atoms with Crippen molar-refractivity contribution < 1.29 is 22.7 Å². The van der Waals surface area contributed by atoms with Crippen molar-refractivity contribution in [3.8, 4) is 0 Å². The van der Waals surface area contributed by atoms with E-state index in [1.165, 1.54) is 13.2 Å². The summed E-state index contributed by atoms with van der Waals surface area (Å²) >= 11 is 0. The van der Waals surface area contributed by atoms with E-state index < -0.39 is 23.8 Å². The van der Waals surface area contributed by atoms with Crippen LogP contribution in [0.15, 0.2) is 18.3 Å². The summed E-state index contributed by atoms with van der Waals surface area (Å²) in [5.74, 6) is -0.117. The molecule has 20 heavy (non-hydrogen) atoms. The normalized spacial score (nSPS) is 19.8. The van der Waals surface area contributed by atoms with Crippen molar-refractivity contribution in [2.24, 2.45) is 0 Å². The topological polar surface area (TPSA) is 54.5 Å². The number of rotatable bonds is 2. The van der Waals surface area contributed by atoms with Gasteiger partial charge in [-0.05, 0) is 12.1 Å². The molecule has 5 nitrogen and oxygen atoms in total. The lowest BCUT2D eigenvalue weighted by atomic mass is 10.2. The number of anilines is 1. The highest BCUT2D eigenvalue weighted by molar-refractivity contribution is 5.80. The fraction of sp³-hybridized carbons (Fsp3) is 0.500. The van der Waals surface area contributed by atoms with Gasteiger partial charge in [-0.2, -0.15) is 13.2 Å². The molecule has 1 saturated heterocycles. The molecule has 1 N–H and O–H groups in total. The predicted molar refractivity (Wildman–Crippen MR) is 65.3 cm³/mol. The van der Waals surface area contributed by atoms with Gasteiger partial charge in [-0.3, -0.25) is 0 Å². The number of ether oxygens (including phenoxy) is 1. The third-order valence-corrected chi connectivity index (χ3v) is 3.09. The minimum atomic E-state index is -4.42. The Morgan fingerprint density at radius 3 is 2.80 bits per heavy atom. The first kappa shape index (κ1) is 14.6. The number of aromatic nitrogens is 1. The van der Waals surface area contributed by atoms with Gasteiger partial charge in [0.1, 0.15) is 11.9 Å². The molecule has 1 aromatic heterocycles. The van der Waals surface area contributed by atoms with Gasteiger partial charge in [0.25, 0.3) is 0 Å². The second-order valence-electron chi connectivity index (χ2n) is 4.34. The number of carbonyl (C=O) groups excluding carboxylic acids is 1. The molecule has 0 aromatic carbocycles. The van der Waals surface area contributed by atoms with Crippen LogP contribution in [0, 0.1) is 0 Å². The van der Waals surface area contributed by atoms with Gasteiger partial charge >= 0.3 is 12.1 Å². The molecule has 1 aliphatic rings. The van der Waals surface area contributed by atoms with Gasteiger partial charge in [0.05, 0.1) is 12.7 Å². The number of piperazine rings is 1. The summed E-state index contributed by atoms with van der Waals surface area (Å²) in [6, 6.07) is 1.64. The number of hydrogen-bond donors (Lipinski definition) is 1. The maximum atomic E-state index is 12.5. The lowest BCUT2D eigenvalue weighted by molar-refractivity contribution is -0.142. The molecule has 1 unspecified atom stereocenters. The van der Waals surface area contributed by atoms with Crippen molar-refractivity contribution in [2.75, 3.05) is 31.6 Å². The molecule has 0 bridgehead atoms. The van der Waals surface area contributed by atoms with Crippen molar-refractivity contribution in [2.45, 2.75) is 12.2 Å². The highest BCUT2D eigenvalue weighted by Crippen LogP contribution is 2.29. The number of alkyl halides is 3. The molecule has 0 saturated carbocycles. The summed E-state index contributed by atoms with van der Waals surface area (Å²) < 4.78 is 42.1. The van der Waals surface area contributed by atoms with Gasteiger partial charge in [-0.25, -0.2) is 9.78 Å². The largest absolute Gasteiger partial charge is 0.467 e. The van der Waals surface area contributed by atoms with E-state index in [0.717, 1.165) is 12.3 Å². The summed E-state index contributed by atoms with van der Waals surface area (Å²) in [5.41, 5.74) is -0.814. The molecule has 2 heterocycles. The monoisotopic (exact) mass is 289 g/mol. The van der Waals surface area contributed by atoms with Crippen LogP contribution in [0.2, 0.25) is 0 Å². The number of methoxy groups -OCH3 is 1. The SMILES string of the molecule is COC(=O)C1CNCCN1c1ccc(C(F)(F)F)cn1. The van der Waals surface area contributed by atoms with Crippen molar-refractivity contribution >= 4 is 11.8 Å². The van der Waals surface area contributed by atoms with Gasteiger partial charge in [-0.1, -0.05) is 0 Å². The number of carbonyl (C=O) groups is 1. The number of nitrogens with one attached hydrogen (secondary N) is 1. The zero-order valence-electron chi connectivity index (χ0n) is 10.8. The minimum absolute atomic E-state index is 0.329. The van der Waals surface area contributed by atoms with Gasteiger partial charge in [0.15, 0.2) is 0 Å². The Balaban J connectivity index is 2.22. The van der Waals surface area contributed by atoms with Crippen LogP contribution >= 0.6 is 0 Å². The molecule has 8 heteroatoms. The molecule has 0 aliphatic carbocycles. The predicted octanol–water partition coefficient (Wildman–Crippen LogP) is 1.05. The highest BCUT2D eigenvalue weighted by Gasteiger charge is 2.33. The van der Waals surface area contributed by atoms with Crippen LogP contribution < -0.4 is 10.2 Å². The molecular weight excluding hydrogens is 275 g/mol. The first-order valence-corrected chi connectivity index (χ1v) is 6.02. The summed E-state index contributed by atoms with van der Waals surface area (Å²) in [7, 11) is 1.27. The molecule has 0 spiro atoms. The second-order valence-corrected chi connectivity index (χ2v) is 4.34. The molecule has 2 rings (SSSR count). The fourth-order valence-electron chi connectivity index (χ4n) is 2.05. The first-order valence-electron chi connectivity index (χ1n) is 6.02.